The molecule has 0 fully saturated rings. The zero-order chi connectivity index (χ0) is 23.1. The van der Waals surface area contributed by atoms with Gasteiger partial charge in [-0.25, -0.2) is 12.8 Å². The van der Waals surface area contributed by atoms with Crippen molar-refractivity contribution in [2.24, 2.45) is 0 Å². The van der Waals surface area contributed by atoms with E-state index in [0.29, 0.717) is 23.8 Å². The molecule has 1 amide bonds. The van der Waals surface area contributed by atoms with E-state index in [1.54, 1.807) is 24.3 Å². The van der Waals surface area contributed by atoms with Crippen molar-refractivity contribution in [1.82, 2.24) is 0 Å². The summed E-state index contributed by atoms with van der Waals surface area (Å²) < 4.78 is 51.6. The number of carbonyl (C=O) groups excluding carboxylic acids is 1. The number of carbonyl (C=O) groups is 1. The van der Waals surface area contributed by atoms with Crippen LogP contribution in [0.2, 0.25) is 0 Å². The fourth-order valence-electron chi connectivity index (χ4n) is 2.96. The van der Waals surface area contributed by atoms with E-state index >= 15 is 0 Å². The number of hydrogen-bond acceptors (Lipinski definition) is 5. The van der Waals surface area contributed by atoms with Gasteiger partial charge in [-0.3, -0.25) is 9.10 Å². The van der Waals surface area contributed by atoms with Crippen molar-refractivity contribution in [3.05, 3.63) is 78.6 Å². The van der Waals surface area contributed by atoms with Crippen molar-refractivity contribution in [3.8, 4) is 11.5 Å². The first-order chi connectivity index (χ1) is 15.3. The lowest BCUT2D eigenvalue weighted by Crippen LogP contribution is -2.38. The maximum Gasteiger partial charge on any atom is 0.264 e. The van der Waals surface area contributed by atoms with Gasteiger partial charge in [0, 0.05) is 11.8 Å². The molecule has 0 heterocycles. The molecule has 0 aliphatic heterocycles. The molecule has 3 aromatic rings. The van der Waals surface area contributed by atoms with E-state index in [2.05, 4.69) is 5.32 Å². The maximum absolute atomic E-state index is 13.4. The smallest absolute Gasteiger partial charge is 0.264 e. The average Bonchev–Trinajstić information content (AvgIpc) is 2.79. The molecule has 3 rings (SSSR count). The second kappa shape index (κ2) is 10.1. The van der Waals surface area contributed by atoms with E-state index in [1.807, 2.05) is 6.92 Å². The number of nitrogens with zero attached hydrogens (tertiary/aromatic N) is 1. The van der Waals surface area contributed by atoms with Gasteiger partial charge in [-0.15, -0.1) is 0 Å². The van der Waals surface area contributed by atoms with Gasteiger partial charge in [0.15, 0.2) is 0 Å². The van der Waals surface area contributed by atoms with Gasteiger partial charge >= 0.3 is 0 Å². The zero-order valence-electron chi connectivity index (χ0n) is 17.6. The normalized spacial score (nSPS) is 11.0. The number of amides is 1. The number of sulfonamides is 1. The molecule has 0 aliphatic carbocycles. The van der Waals surface area contributed by atoms with Crippen LogP contribution in [0, 0.1) is 5.82 Å². The fourth-order valence-corrected chi connectivity index (χ4v) is 4.38. The molecule has 9 heteroatoms. The van der Waals surface area contributed by atoms with Crippen LogP contribution in [-0.4, -0.2) is 34.6 Å². The molecule has 0 aromatic heterocycles. The number of halogens is 1. The van der Waals surface area contributed by atoms with Gasteiger partial charge in [-0.05, 0) is 67.6 Å². The second-order valence-electron chi connectivity index (χ2n) is 6.67. The first kappa shape index (κ1) is 23.1. The Morgan fingerprint density at radius 1 is 1.00 bits per heavy atom. The summed E-state index contributed by atoms with van der Waals surface area (Å²) in [6, 6.07) is 17.4. The number of benzene rings is 3. The van der Waals surface area contributed by atoms with E-state index in [4.69, 9.17) is 9.47 Å². The van der Waals surface area contributed by atoms with Crippen molar-refractivity contribution < 1.29 is 27.1 Å². The summed E-state index contributed by atoms with van der Waals surface area (Å²) in [5, 5.41) is 2.66. The highest BCUT2D eigenvalue weighted by Gasteiger charge is 2.27. The molecule has 0 unspecified atom stereocenters. The monoisotopic (exact) mass is 458 g/mol. The number of nitrogens with one attached hydrogen (secondary N) is 1. The Labute approximate surface area is 186 Å². The first-order valence-corrected chi connectivity index (χ1v) is 11.2. The molecule has 0 radical (unpaired) electrons. The number of hydrogen-bond donors (Lipinski definition) is 1. The predicted molar refractivity (Wildman–Crippen MR) is 120 cm³/mol. The van der Waals surface area contributed by atoms with Gasteiger partial charge in [0.2, 0.25) is 5.91 Å². The Bertz CT molecular complexity index is 1170. The molecule has 0 saturated heterocycles. The van der Waals surface area contributed by atoms with Crippen LogP contribution in [0.3, 0.4) is 0 Å². The minimum absolute atomic E-state index is 0.0283. The van der Waals surface area contributed by atoms with E-state index in [9.17, 15) is 17.6 Å². The highest BCUT2D eigenvalue weighted by atomic mass is 32.2. The Kier molecular flexibility index (Phi) is 7.32. The zero-order valence-corrected chi connectivity index (χ0v) is 18.4. The van der Waals surface area contributed by atoms with Crippen molar-refractivity contribution in [2.45, 2.75) is 11.8 Å². The molecule has 0 saturated carbocycles. The lowest BCUT2D eigenvalue weighted by molar-refractivity contribution is -0.114. The van der Waals surface area contributed by atoms with Crippen LogP contribution in [0.15, 0.2) is 77.7 Å². The Balaban J connectivity index is 1.90. The molecule has 7 nitrogen and oxygen atoms in total. The van der Waals surface area contributed by atoms with Crippen molar-refractivity contribution >= 4 is 27.3 Å². The van der Waals surface area contributed by atoms with Gasteiger partial charge in [0.1, 0.15) is 23.9 Å². The van der Waals surface area contributed by atoms with Crippen molar-refractivity contribution in [2.75, 3.05) is 29.9 Å². The molecule has 0 aliphatic rings. The molecule has 32 heavy (non-hydrogen) atoms. The maximum atomic E-state index is 13.4. The standard InChI is InChI=1S/C23H23FN2O5S/c1-3-31-20-11-13-22(14-12-20)32(28,29)26(19-9-7-17(24)8-10-19)16-23(27)25-18-5-4-6-21(15-18)30-2/h4-15H,3,16H2,1-2H3,(H,25,27). The summed E-state index contributed by atoms with van der Waals surface area (Å²) in [5.41, 5.74) is 0.605. The molecule has 0 atom stereocenters. The third-order valence-electron chi connectivity index (χ3n) is 4.48. The fraction of sp³-hybridized carbons (Fsp3) is 0.174. The van der Waals surface area contributed by atoms with Crippen molar-refractivity contribution in [3.63, 3.8) is 0 Å². The summed E-state index contributed by atoms with van der Waals surface area (Å²) in [5.74, 6) is -0.0270. The molecular weight excluding hydrogens is 435 g/mol. The number of anilines is 2. The summed E-state index contributed by atoms with van der Waals surface area (Å²) in [6.07, 6.45) is 0. The molecule has 3 aromatic carbocycles. The lowest BCUT2D eigenvalue weighted by Gasteiger charge is -2.24. The van der Waals surface area contributed by atoms with Crippen LogP contribution in [0.1, 0.15) is 6.92 Å². The third kappa shape index (κ3) is 5.55. The van der Waals surface area contributed by atoms with E-state index in [0.717, 1.165) is 16.4 Å². The first-order valence-electron chi connectivity index (χ1n) is 9.78. The summed E-state index contributed by atoms with van der Waals surface area (Å²) in [4.78, 5) is 12.7. The van der Waals surface area contributed by atoms with E-state index in [1.165, 1.54) is 43.5 Å². The second-order valence-corrected chi connectivity index (χ2v) is 8.53. The number of ether oxygens (including phenoxy) is 2. The molecule has 1 N–H and O–H groups in total. The van der Waals surface area contributed by atoms with Crippen molar-refractivity contribution in [1.29, 1.82) is 0 Å². The van der Waals surface area contributed by atoms with Gasteiger partial charge in [-0.2, -0.15) is 0 Å². The Hall–Kier alpha value is -3.59. The Morgan fingerprint density at radius 2 is 1.69 bits per heavy atom. The summed E-state index contributed by atoms with van der Waals surface area (Å²) in [7, 11) is -2.63. The summed E-state index contributed by atoms with van der Waals surface area (Å²) >= 11 is 0. The van der Waals surface area contributed by atoms with E-state index < -0.39 is 28.3 Å². The summed E-state index contributed by atoms with van der Waals surface area (Å²) in [6.45, 7) is 1.75. The average molecular weight is 459 g/mol. The third-order valence-corrected chi connectivity index (χ3v) is 6.27. The number of methoxy groups -OCH3 is 1. The SMILES string of the molecule is CCOc1ccc(S(=O)(=O)N(CC(=O)Nc2cccc(OC)c2)c2ccc(F)cc2)cc1. The topological polar surface area (TPSA) is 84.9 Å². The quantitative estimate of drug-likeness (QED) is 0.523. The predicted octanol–water partition coefficient (Wildman–Crippen LogP) is 4.07. The highest BCUT2D eigenvalue weighted by molar-refractivity contribution is 7.92. The van der Waals surface area contributed by atoms with E-state index in [-0.39, 0.29) is 10.6 Å². The largest absolute Gasteiger partial charge is 0.497 e. The van der Waals surface area contributed by atoms with Gasteiger partial charge in [-0.1, -0.05) is 6.07 Å². The van der Waals surface area contributed by atoms with Crippen LogP contribution >= 0.6 is 0 Å². The molecule has 0 bridgehead atoms. The molecule has 0 spiro atoms. The van der Waals surface area contributed by atoms with Crippen LogP contribution < -0.4 is 19.1 Å². The van der Waals surface area contributed by atoms with Crippen LogP contribution in [-0.2, 0) is 14.8 Å². The molecular formula is C23H23FN2O5S. The molecule has 168 valence electrons. The lowest BCUT2D eigenvalue weighted by atomic mass is 10.3. The minimum atomic E-state index is -4.13. The van der Waals surface area contributed by atoms with Gasteiger partial charge in [0.05, 0.1) is 24.3 Å². The number of rotatable bonds is 9. The van der Waals surface area contributed by atoms with Gasteiger partial charge in [0.25, 0.3) is 10.0 Å². The minimum Gasteiger partial charge on any atom is -0.497 e. The van der Waals surface area contributed by atoms with Crippen LogP contribution in [0.4, 0.5) is 15.8 Å². The van der Waals surface area contributed by atoms with Crippen LogP contribution in [0.25, 0.3) is 0 Å². The Morgan fingerprint density at radius 3 is 2.31 bits per heavy atom. The highest BCUT2D eigenvalue weighted by Crippen LogP contribution is 2.26. The van der Waals surface area contributed by atoms with Crippen LogP contribution in [0.5, 0.6) is 11.5 Å². The van der Waals surface area contributed by atoms with Gasteiger partial charge < -0.3 is 14.8 Å².